The van der Waals surface area contributed by atoms with Crippen molar-refractivity contribution in [3.05, 3.63) is 0 Å². The Labute approximate surface area is 52.3 Å². The van der Waals surface area contributed by atoms with E-state index in [2.05, 4.69) is 13.8 Å². The second kappa shape index (κ2) is 5.10. The van der Waals surface area contributed by atoms with Gasteiger partial charge < -0.3 is 5.73 Å². The summed E-state index contributed by atoms with van der Waals surface area (Å²) in [6.07, 6.45) is 3.93. The molecule has 1 atom stereocenters. The minimum Gasteiger partial charge on any atom is -0.330 e. The highest BCUT2D eigenvalue weighted by Gasteiger charge is 1.94. The molecule has 0 amide bonds. The lowest BCUT2D eigenvalue weighted by atomic mass is 10.1. The Morgan fingerprint density at radius 2 is 2.12 bits per heavy atom. The van der Waals surface area contributed by atoms with Crippen molar-refractivity contribution in [2.75, 3.05) is 6.54 Å². The van der Waals surface area contributed by atoms with Crippen LogP contribution in [0, 0.1) is 5.92 Å². The Hall–Kier alpha value is -0.0400. The topological polar surface area (TPSA) is 26.0 Å². The number of hydrogen-bond donors (Lipinski definition) is 1. The molecule has 1 heteroatoms. The largest absolute Gasteiger partial charge is 0.330 e. The molecule has 8 heavy (non-hydrogen) atoms. The Morgan fingerprint density at radius 3 is 2.50 bits per heavy atom. The van der Waals surface area contributed by atoms with Crippen LogP contribution in [-0.2, 0) is 0 Å². The second-order valence-corrected chi connectivity index (χ2v) is 2.48. The first-order valence-electron chi connectivity index (χ1n) is 3.51. The maximum absolute atomic E-state index is 5.41. The lowest BCUT2D eigenvalue weighted by molar-refractivity contribution is 0.516. The molecule has 0 bridgehead atoms. The number of nitrogens with two attached hydrogens (primary N) is 1. The molecule has 0 aliphatic heterocycles. The van der Waals surface area contributed by atoms with E-state index in [4.69, 9.17) is 5.73 Å². The zero-order valence-corrected chi connectivity index (χ0v) is 5.98. The van der Waals surface area contributed by atoms with E-state index in [9.17, 15) is 0 Å². The van der Waals surface area contributed by atoms with Gasteiger partial charge in [-0.15, -0.1) is 0 Å². The molecule has 0 unspecified atom stereocenters. The Bertz CT molecular complexity index is 43.7. The Morgan fingerprint density at radius 1 is 1.50 bits per heavy atom. The van der Waals surface area contributed by atoms with Gasteiger partial charge in [0.2, 0.25) is 0 Å². The van der Waals surface area contributed by atoms with E-state index in [0.717, 1.165) is 12.5 Å². The first kappa shape index (κ1) is 7.96. The van der Waals surface area contributed by atoms with E-state index in [0.29, 0.717) is 0 Å². The van der Waals surface area contributed by atoms with Crippen molar-refractivity contribution in [1.29, 1.82) is 0 Å². The highest BCUT2D eigenvalue weighted by Crippen LogP contribution is 2.04. The van der Waals surface area contributed by atoms with Gasteiger partial charge in [0.25, 0.3) is 0 Å². The number of rotatable bonds is 4. The zero-order chi connectivity index (χ0) is 6.41. The van der Waals surface area contributed by atoms with Gasteiger partial charge in [-0.05, 0) is 18.9 Å². The summed E-state index contributed by atoms with van der Waals surface area (Å²) < 4.78 is 0. The van der Waals surface area contributed by atoms with Crippen molar-refractivity contribution in [3.63, 3.8) is 0 Å². The molecular formula is C7H17N. The van der Waals surface area contributed by atoms with E-state index in [1.807, 2.05) is 0 Å². The van der Waals surface area contributed by atoms with E-state index in [-0.39, 0.29) is 0 Å². The molecule has 0 aromatic carbocycles. The molecule has 0 rings (SSSR count). The molecule has 0 aromatic heterocycles. The molecule has 0 fully saturated rings. The lowest BCUT2D eigenvalue weighted by Gasteiger charge is -2.04. The van der Waals surface area contributed by atoms with Gasteiger partial charge in [-0.1, -0.05) is 26.7 Å². The summed E-state index contributed by atoms with van der Waals surface area (Å²) in [5.41, 5.74) is 5.41. The molecule has 50 valence electrons. The smallest absolute Gasteiger partial charge is 0.00515 e. The second-order valence-electron chi connectivity index (χ2n) is 2.48. The zero-order valence-electron chi connectivity index (χ0n) is 5.98. The van der Waals surface area contributed by atoms with Gasteiger partial charge in [0.05, 0.1) is 0 Å². The fourth-order valence-corrected chi connectivity index (χ4v) is 0.670. The molecule has 0 radical (unpaired) electrons. The standard InChI is InChI=1S/C7H17N/c1-3-4-5-7(2)6-8/h7H,3-6,8H2,1-2H3/t7-/m0/s1. The first-order chi connectivity index (χ1) is 3.81. The van der Waals surface area contributed by atoms with Crippen LogP contribution in [0.5, 0.6) is 0 Å². The van der Waals surface area contributed by atoms with Crippen LogP contribution in [0.25, 0.3) is 0 Å². The third-order valence-corrected chi connectivity index (χ3v) is 1.45. The highest BCUT2D eigenvalue weighted by molar-refractivity contribution is 4.51. The molecule has 2 N–H and O–H groups in total. The molecule has 1 nitrogen and oxygen atoms in total. The average molecular weight is 115 g/mol. The van der Waals surface area contributed by atoms with Crippen LogP contribution in [0.2, 0.25) is 0 Å². The van der Waals surface area contributed by atoms with Gasteiger partial charge in [-0.3, -0.25) is 0 Å². The molecule has 0 aliphatic carbocycles. The predicted molar refractivity (Wildman–Crippen MR) is 37.7 cm³/mol. The van der Waals surface area contributed by atoms with Gasteiger partial charge in [0.15, 0.2) is 0 Å². The lowest BCUT2D eigenvalue weighted by Crippen LogP contribution is -2.09. The van der Waals surface area contributed by atoms with Crippen LogP contribution in [0.1, 0.15) is 33.1 Å². The van der Waals surface area contributed by atoms with Gasteiger partial charge in [0.1, 0.15) is 0 Å². The highest BCUT2D eigenvalue weighted by atomic mass is 14.5. The van der Waals surface area contributed by atoms with Gasteiger partial charge in [0, 0.05) is 0 Å². The number of hydrogen-bond acceptors (Lipinski definition) is 1. The maximum atomic E-state index is 5.41. The third-order valence-electron chi connectivity index (χ3n) is 1.45. The van der Waals surface area contributed by atoms with Crippen LogP contribution >= 0.6 is 0 Å². The predicted octanol–water partition coefficient (Wildman–Crippen LogP) is 1.77. The van der Waals surface area contributed by atoms with Crippen LogP contribution in [0.15, 0.2) is 0 Å². The van der Waals surface area contributed by atoms with Crippen LogP contribution in [-0.4, -0.2) is 6.54 Å². The van der Waals surface area contributed by atoms with Crippen molar-refractivity contribution in [2.24, 2.45) is 11.7 Å². The summed E-state index contributed by atoms with van der Waals surface area (Å²) >= 11 is 0. The van der Waals surface area contributed by atoms with Gasteiger partial charge >= 0.3 is 0 Å². The summed E-state index contributed by atoms with van der Waals surface area (Å²) in [5.74, 6) is 0.731. The Balaban J connectivity index is 2.86. The Kier molecular flexibility index (Phi) is 5.08. The number of unbranched alkanes of at least 4 members (excludes halogenated alkanes) is 1. The summed E-state index contributed by atoms with van der Waals surface area (Å²) in [5, 5.41) is 0. The van der Waals surface area contributed by atoms with Crippen molar-refractivity contribution in [1.82, 2.24) is 0 Å². The minimum absolute atomic E-state index is 0.731. The molecule has 0 saturated carbocycles. The molecule has 0 saturated heterocycles. The van der Waals surface area contributed by atoms with Crippen molar-refractivity contribution in [3.8, 4) is 0 Å². The summed E-state index contributed by atoms with van der Waals surface area (Å²) in [6, 6.07) is 0. The van der Waals surface area contributed by atoms with Gasteiger partial charge in [-0.2, -0.15) is 0 Å². The normalized spacial score (nSPS) is 13.9. The molecule has 0 aliphatic rings. The van der Waals surface area contributed by atoms with Gasteiger partial charge in [-0.25, -0.2) is 0 Å². The van der Waals surface area contributed by atoms with Crippen LogP contribution in [0.4, 0.5) is 0 Å². The summed E-state index contributed by atoms with van der Waals surface area (Å²) in [6.45, 7) is 5.26. The molecular weight excluding hydrogens is 98.1 g/mol. The van der Waals surface area contributed by atoms with Crippen LogP contribution < -0.4 is 5.73 Å². The van der Waals surface area contributed by atoms with Crippen LogP contribution in [0.3, 0.4) is 0 Å². The van der Waals surface area contributed by atoms with E-state index >= 15 is 0 Å². The van der Waals surface area contributed by atoms with Crippen molar-refractivity contribution in [2.45, 2.75) is 33.1 Å². The first-order valence-corrected chi connectivity index (χ1v) is 3.51. The summed E-state index contributed by atoms with van der Waals surface area (Å²) in [4.78, 5) is 0. The maximum Gasteiger partial charge on any atom is -0.00515 e. The molecule has 0 aromatic rings. The fourth-order valence-electron chi connectivity index (χ4n) is 0.670. The average Bonchev–Trinajstić information content (AvgIpc) is 1.83. The monoisotopic (exact) mass is 115 g/mol. The summed E-state index contributed by atoms with van der Waals surface area (Å²) in [7, 11) is 0. The van der Waals surface area contributed by atoms with E-state index in [1.165, 1.54) is 19.3 Å². The third kappa shape index (κ3) is 4.13. The molecule has 0 heterocycles. The molecule has 0 spiro atoms. The quantitative estimate of drug-likeness (QED) is 0.593. The van der Waals surface area contributed by atoms with Crippen molar-refractivity contribution < 1.29 is 0 Å². The minimum atomic E-state index is 0.731. The fraction of sp³-hybridized carbons (Fsp3) is 1.00. The van der Waals surface area contributed by atoms with E-state index in [1.54, 1.807) is 0 Å². The SMILES string of the molecule is CCCC[C@H](C)CN. The van der Waals surface area contributed by atoms with E-state index < -0.39 is 0 Å². The van der Waals surface area contributed by atoms with Crippen molar-refractivity contribution >= 4 is 0 Å².